The highest BCUT2D eigenvalue weighted by atomic mass is 19.1. The number of nitrogens with zero attached hydrogens (tertiary/aromatic N) is 4. The number of hydrogen-bond donors (Lipinski definition) is 0. The predicted octanol–water partition coefficient (Wildman–Crippen LogP) is 1.99. The van der Waals surface area contributed by atoms with Crippen LogP contribution in [0.4, 0.5) is 10.3 Å². The van der Waals surface area contributed by atoms with E-state index < -0.39 is 5.82 Å². The molecule has 0 radical (unpaired) electrons. The second-order valence-corrected chi connectivity index (χ2v) is 5.88. The van der Waals surface area contributed by atoms with Crippen LogP contribution in [0.5, 0.6) is 11.5 Å². The van der Waals surface area contributed by atoms with Gasteiger partial charge in [0, 0.05) is 26.2 Å². The lowest BCUT2D eigenvalue weighted by Crippen LogP contribution is -2.36. The van der Waals surface area contributed by atoms with Crippen molar-refractivity contribution in [3.8, 4) is 11.5 Å². The van der Waals surface area contributed by atoms with Gasteiger partial charge >= 0.3 is 0 Å². The topological polar surface area (TPSA) is 67.8 Å². The number of ether oxygens (including phenoxy) is 2. The van der Waals surface area contributed by atoms with Crippen molar-refractivity contribution >= 4 is 11.9 Å². The molecule has 2 aromatic rings. The first-order valence-electron chi connectivity index (χ1n) is 8.36. The molecule has 7 nitrogen and oxygen atoms in total. The Balaban J connectivity index is 1.71. The van der Waals surface area contributed by atoms with Gasteiger partial charge in [-0.1, -0.05) is 6.07 Å². The van der Waals surface area contributed by atoms with Crippen molar-refractivity contribution in [1.82, 2.24) is 14.9 Å². The Hall–Kier alpha value is -2.90. The number of rotatable bonds is 4. The van der Waals surface area contributed by atoms with Crippen molar-refractivity contribution in [3.63, 3.8) is 0 Å². The lowest BCUT2D eigenvalue weighted by atomic mass is 10.1. The van der Waals surface area contributed by atoms with E-state index >= 15 is 0 Å². The number of benzene rings is 1. The number of anilines is 1. The van der Waals surface area contributed by atoms with Crippen molar-refractivity contribution in [2.75, 3.05) is 45.3 Å². The molecular weight excluding hydrogens is 339 g/mol. The number of hydrogen-bond acceptors (Lipinski definition) is 6. The summed E-state index contributed by atoms with van der Waals surface area (Å²) in [5, 5.41) is 0. The van der Waals surface area contributed by atoms with E-state index in [2.05, 4.69) is 9.97 Å². The molecule has 1 fully saturated rings. The van der Waals surface area contributed by atoms with Crippen molar-refractivity contribution in [2.24, 2.45) is 0 Å². The highest BCUT2D eigenvalue weighted by Gasteiger charge is 2.24. The van der Waals surface area contributed by atoms with Gasteiger partial charge in [0.1, 0.15) is 0 Å². The van der Waals surface area contributed by atoms with E-state index in [4.69, 9.17) is 9.47 Å². The summed E-state index contributed by atoms with van der Waals surface area (Å²) in [5.74, 6) is 0.291. The van der Waals surface area contributed by atoms with Crippen LogP contribution in [-0.4, -0.2) is 61.2 Å². The average Bonchev–Trinajstić information content (AvgIpc) is 2.94. The van der Waals surface area contributed by atoms with Gasteiger partial charge in [-0.15, -0.1) is 0 Å². The lowest BCUT2D eigenvalue weighted by molar-refractivity contribution is 0.0761. The molecule has 0 atom stereocenters. The Kier molecular flexibility index (Phi) is 5.50. The smallest absolute Gasteiger partial charge is 0.257 e. The number of amides is 1. The summed E-state index contributed by atoms with van der Waals surface area (Å²) in [4.78, 5) is 25.0. The molecule has 138 valence electrons. The normalized spacial score (nSPS) is 14.7. The van der Waals surface area contributed by atoms with Crippen LogP contribution < -0.4 is 14.4 Å². The molecular formula is C18H21FN4O3. The molecule has 3 rings (SSSR count). The minimum Gasteiger partial charge on any atom is -0.494 e. The zero-order valence-corrected chi connectivity index (χ0v) is 14.8. The lowest BCUT2D eigenvalue weighted by Gasteiger charge is -2.22. The van der Waals surface area contributed by atoms with Gasteiger partial charge in [-0.25, -0.2) is 14.4 Å². The van der Waals surface area contributed by atoms with E-state index in [1.54, 1.807) is 30.5 Å². The first kappa shape index (κ1) is 17.9. The van der Waals surface area contributed by atoms with Gasteiger partial charge < -0.3 is 19.3 Å². The second-order valence-electron chi connectivity index (χ2n) is 5.88. The molecule has 0 unspecified atom stereocenters. The van der Waals surface area contributed by atoms with E-state index in [9.17, 15) is 9.18 Å². The van der Waals surface area contributed by atoms with Crippen molar-refractivity contribution < 1.29 is 18.7 Å². The van der Waals surface area contributed by atoms with E-state index in [0.29, 0.717) is 31.3 Å². The molecule has 1 saturated heterocycles. The predicted molar refractivity (Wildman–Crippen MR) is 94.3 cm³/mol. The highest BCUT2D eigenvalue weighted by molar-refractivity contribution is 5.95. The summed E-state index contributed by atoms with van der Waals surface area (Å²) >= 11 is 0. The molecule has 0 N–H and O–H groups in total. The molecule has 0 spiro atoms. The van der Waals surface area contributed by atoms with Crippen molar-refractivity contribution in [3.05, 3.63) is 42.0 Å². The molecule has 8 heteroatoms. The Morgan fingerprint density at radius 3 is 2.54 bits per heavy atom. The fourth-order valence-electron chi connectivity index (χ4n) is 2.90. The van der Waals surface area contributed by atoms with Gasteiger partial charge in [-0.2, -0.15) is 0 Å². The fourth-order valence-corrected chi connectivity index (χ4v) is 2.90. The number of carbonyl (C=O) groups excluding carboxylic acids is 1. The minimum absolute atomic E-state index is 0.0264. The number of aromatic nitrogens is 2. The highest BCUT2D eigenvalue weighted by Crippen LogP contribution is 2.22. The summed E-state index contributed by atoms with van der Waals surface area (Å²) in [6.07, 6.45) is 3.97. The van der Waals surface area contributed by atoms with Crippen LogP contribution in [0.25, 0.3) is 0 Å². The van der Waals surface area contributed by atoms with Gasteiger partial charge in [0.05, 0.1) is 32.2 Å². The van der Waals surface area contributed by atoms with Crippen LogP contribution in [0, 0.1) is 5.82 Å². The van der Waals surface area contributed by atoms with Crippen LogP contribution in [0.15, 0.2) is 30.6 Å². The van der Waals surface area contributed by atoms with E-state index in [-0.39, 0.29) is 17.2 Å². The van der Waals surface area contributed by atoms with E-state index in [0.717, 1.165) is 13.0 Å². The van der Waals surface area contributed by atoms with Crippen LogP contribution in [0.3, 0.4) is 0 Å². The molecule has 26 heavy (non-hydrogen) atoms. The monoisotopic (exact) mass is 360 g/mol. The number of carbonyl (C=O) groups is 1. The molecule has 1 aliphatic rings. The van der Waals surface area contributed by atoms with Gasteiger partial charge in [-0.05, 0) is 18.6 Å². The van der Waals surface area contributed by atoms with Crippen LogP contribution >= 0.6 is 0 Å². The second kappa shape index (κ2) is 7.99. The maximum absolute atomic E-state index is 14.4. The summed E-state index contributed by atoms with van der Waals surface area (Å²) in [6, 6.07) is 4.59. The Labute approximate surface area is 151 Å². The van der Waals surface area contributed by atoms with Gasteiger partial charge in [0.2, 0.25) is 5.95 Å². The van der Waals surface area contributed by atoms with Crippen LogP contribution in [0.2, 0.25) is 0 Å². The summed E-state index contributed by atoms with van der Waals surface area (Å²) in [5.41, 5.74) is 0.0264. The average molecular weight is 360 g/mol. The quantitative estimate of drug-likeness (QED) is 0.831. The standard InChI is InChI=1S/C18H21FN4O3/c1-25-13-11-20-18(21-12-13)23-8-4-7-22(9-10-23)17(24)14-5-3-6-15(26-2)16(14)19/h3,5-6,11-12H,4,7-10H2,1-2H3. The van der Waals surface area contributed by atoms with Crippen molar-refractivity contribution in [2.45, 2.75) is 6.42 Å². The number of halogens is 1. The summed E-state index contributed by atoms with van der Waals surface area (Å²) < 4.78 is 24.4. The minimum atomic E-state index is -0.625. The Morgan fingerprint density at radius 2 is 1.85 bits per heavy atom. The van der Waals surface area contributed by atoms with Crippen molar-refractivity contribution in [1.29, 1.82) is 0 Å². The van der Waals surface area contributed by atoms with Gasteiger partial charge in [0.25, 0.3) is 5.91 Å². The SMILES string of the molecule is COc1cnc(N2CCCN(C(=O)c3cccc(OC)c3F)CC2)nc1. The molecule has 1 aromatic heterocycles. The van der Waals surface area contributed by atoms with Gasteiger partial charge in [0.15, 0.2) is 17.3 Å². The molecule has 0 aliphatic carbocycles. The third-order valence-corrected chi connectivity index (χ3v) is 4.33. The molecule has 0 bridgehead atoms. The van der Waals surface area contributed by atoms with Crippen LogP contribution in [-0.2, 0) is 0 Å². The maximum Gasteiger partial charge on any atom is 0.257 e. The first-order chi connectivity index (χ1) is 12.6. The number of methoxy groups -OCH3 is 2. The maximum atomic E-state index is 14.4. The molecule has 1 aromatic carbocycles. The van der Waals surface area contributed by atoms with Crippen LogP contribution in [0.1, 0.15) is 16.8 Å². The molecule has 1 amide bonds. The fraction of sp³-hybridized carbons (Fsp3) is 0.389. The Morgan fingerprint density at radius 1 is 1.08 bits per heavy atom. The van der Waals surface area contributed by atoms with E-state index in [1.165, 1.54) is 19.2 Å². The first-order valence-corrected chi connectivity index (χ1v) is 8.36. The zero-order valence-electron chi connectivity index (χ0n) is 14.8. The Bertz CT molecular complexity index is 770. The molecule has 1 aliphatic heterocycles. The van der Waals surface area contributed by atoms with E-state index in [1.807, 2.05) is 4.90 Å². The third-order valence-electron chi connectivity index (χ3n) is 4.33. The zero-order chi connectivity index (χ0) is 18.5. The molecule has 0 saturated carbocycles. The van der Waals surface area contributed by atoms with Gasteiger partial charge in [-0.3, -0.25) is 4.79 Å². The largest absolute Gasteiger partial charge is 0.494 e. The summed E-state index contributed by atoms with van der Waals surface area (Å²) in [7, 11) is 2.94. The third kappa shape index (κ3) is 3.68. The molecule has 2 heterocycles. The summed E-state index contributed by atoms with van der Waals surface area (Å²) in [6.45, 7) is 2.30.